The molecule has 0 aromatic carbocycles. The zero-order valence-electron chi connectivity index (χ0n) is 17.1. The quantitative estimate of drug-likeness (QED) is 0.555. The van der Waals surface area contributed by atoms with Crippen molar-refractivity contribution >= 4 is 17.3 Å². The number of rotatable bonds is 6. The highest BCUT2D eigenvalue weighted by atomic mass is 19.4. The molecule has 3 rings (SSSR count). The third kappa shape index (κ3) is 5.63. The highest BCUT2D eigenvalue weighted by molar-refractivity contribution is 6.04. The molecular weight excluding hydrogens is 459 g/mol. The second kappa shape index (κ2) is 9.02. The summed E-state index contributed by atoms with van der Waals surface area (Å²) in [7, 11) is 0. The second-order valence-corrected chi connectivity index (χ2v) is 7.80. The maximum absolute atomic E-state index is 13.7. The lowest BCUT2D eigenvalue weighted by atomic mass is 9.87. The number of nitrogens with zero attached hydrogens (tertiary/aromatic N) is 3. The first-order valence-electron chi connectivity index (χ1n) is 9.84. The van der Waals surface area contributed by atoms with Gasteiger partial charge in [0.2, 0.25) is 5.92 Å². The predicted molar refractivity (Wildman–Crippen MR) is 105 cm³/mol. The van der Waals surface area contributed by atoms with Crippen LogP contribution in [0.3, 0.4) is 0 Å². The Bertz CT molecular complexity index is 1040. The summed E-state index contributed by atoms with van der Waals surface area (Å²) in [6.07, 6.45) is -8.79. The molecule has 0 saturated heterocycles. The summed E-state index contributed by atoms with van der Waals surface area (Å²) in [6, 6.07) is 2.50. The lowest BCUT2D eigenvalue weighted by Gasteiger charge is -2.28. The smallest absolute Gasteiger partial charge is 0.397 e. The van der Waals surface area contributed by atoms with Gasteiger partial charge < -0.3 is 11.1 Å². The van der Waals surface area contributed by atoms with E-state index in [0.717, 1.165) is 0 Å². The third-order valence-corrected chi connectivity index (χ3v) is 5.30. The maximum Gasteiger partial charge on any atom is 0.420 e. The maximum atomic E-state index is 13.7. The van der Waals surface area contributed by atoms with Crippen molar-refractivity contribution in [3.8, 4) is 0 Å². The summed E-state index contributed by atoms with van der Waals surface area (Å²) in [6.45, 7) is 3.07. The van der Waals surface area contributed by atoms with Crippen LogP contribution in [0.2, 0.25) is 0 Å². The van der Waals surface area contributed by atoms with Crippen LogP contribution >= 0.6 is 0 Å². The van der Waals surface area contributed by atoms with Gasteiger partial charge in [0.25, 0.3) is 12.3 Å². The molecule has 33 heavy (non-hydrogen) atoms. The molecule has 1 amide bonds. The van der Waals surface area contributed by atoms with Crippen molar-refractivity contribution in [3.05, 3.63) is 47.6 Å². The molecule has 0 bridgehead atoms. The van der Waals surface area contributed by atoms with Crippen LogP contribution in [0.1, 0.15) is 59.5 Å². The van der Waals surface area contributed by atoms with E-state index in [-0.39, 0.29) is 29.9 Å². The first-order valence-corrected chi connectivity index (χ1v) is 9.84. The van der Waals surface area contributed by atoms with Crippen molar-refractivity contribution < 1.29 is 35.5 Å². The molecule has 2 aromatic rings. The molecule has 180 valence electrons. The van der Waals surface area contributed by atoms with Crippen LogP contribution in [0.5, 0.6) is 0 Å². The average molecular weight is 479 g/mol. The molecule has 3 N–H and O–H groups in total. The second-order valence-electron chi connectivity index (χ2n) is 7.80. The van der Waals surface area contributed by atoms with Crippen molar-refractivity contribution in [3.63, 3.8) is 0 Å². The molecule has 1 aliphatic rings. The van der Waals surface area contributed by atoms with E-state index < -0.39 is 66.7 Å². The SMILES string of the molecule is C=C(N)c1cc(NC(=O)c2c(C(F)(F)F)c(C(F)F)nn2CC2CCC(F)(F)CC2)ccn1. The van der Waals surface area contributed by atoms with Crippen LogP contribution in [0.15, 0.2) is 24.9 Å². The molecule has 1 fully saturated rings. The van der Waals surface area contributed by atoms with Gasteiger partial charge in [0.05, 0.1) is 11.4 Å². The molecule has 0 aliphatic heterocycles. The molecule has 1 aliphatic carbocycles. The number of pyridine rings is 1. The van der Waals surface area contributed by atoms with Crippen molar-refractivity contribution in [1.82, 2.24) is 14.8 Å². The van der Waals surface area contributed by atoms with E-state index in [1.165, 1.54) is 18.3 Å². The Morgan fingerprint density at radius 3 is 2.48 bits per heavy atom. The Kier molecular flexibility index (Phi) is 6.70. The van der Waals surface area contributed by atoms with Gasteiger partial charge in [-0.1, -0.05) is 6.58 Å². The first kappa shape index (κ1) is 24.5. The molecule has 0 radical (unpaired) electrons. The Labute approximate surface area is 183 Å². The minimum absolute atomic E-state index is 0.00613. The Morgan fingerprint density at radius 2 is 1.94 bits per heavy atom. The topological polar surface area (TPSA) is 85.8 Å². The van der Waals surface area contributed by atoms with E-state index in [1.54, 1.807) is 0 Å². The molecule has 2 heterocycles. The number of carbonyl (C=O) groups excluding carboxylic acids is 1. The average Bonchev–Trinajstić information content (AvgIpc) is 3.10. The number of amides is 1. The normalized spacial score (nSPS) is 16.7. The zero-order valence-corrected chi connectivity index (χ0v) is 17.1. The Hall–Kier alpha value is -3.12. The largest absolute Gasteiger partial charge is 0.420 e. The van der Waals surface area contributed by atoms with Crippen LogP contribution in [0.25, 0.3) is 5.70 Å². The molecule has 0 spiro atoms. The highest BCUT2D eigenvalue weighted by Gasteiger charge is 2.45. The number of anilines is 1. The van der Waals surface area contributed by atoms with Crippen molar-refractivity contribution in [2.45, 2.75) is 50.8 Å². The first-order chi connectivity index (χ1) is 15.3. The minimum atomic E-state index is -5.31. The molecular formula is C20H20F7N5O. The number of carbonyl (C=O) groups is 1. The monoisotopic (exact) mass is 479 g/mol. The standard InChI is InChI=1S/C20H20F7N5O/c1-10(28)13-8-12(4-7-29-13)30-18(33)16-14(20(25,26)27)15(17(21)22)31-32(16)9-11-2-5-19(23,24)6-3-11/h4,7-8,11,17H,1-3,5-6,9,28H2,(H,29,30,33). The van der Waals surface area contributed by atoms with Crippen LogP contribution in [0, 0.1) is 5.92 Å². The van der Waals surface area contributed by atoms with Crippen LogP contribution < -0.4 is 11.1 Å². The van der Waals surface area contributed by atoms with E-state index >= 15 is 0 Å². The van der Waals surface area contributed by atoms with Gasteiger partial charge in [0.15, 0.2) is 0 Å². The summed E-state index contributed by atoms with van der Waals surface area (Å²) in [5.41, 5.74) is 1.10. The van der Waals surface area contributed by atoms with Gasteiger partial charge in [-0.15, -0.1) is 0 Å². The van der Waals surface area contributed by atoms with Crippen molar-refractivity contribution in [1.29, 1.82) is 0 Å². The number of aromatic nitrogens is 3. The van der Waals surface area contributed by atoms with Crippen LogP contribution in [-0.4, -0.2) is 26.6 Å². The molecule has 6 nitrogen and oxygen atoms in total. The van der Waals surface area contributed by atoms with Gasteiger partial charge in [-0.2, -0.15) is 18.3 Å². The Morgan fingerprint density at radius 1 is 1.30 bits per heavy atom. The van der Waals surface area contributed by atoms with E-state index in [0.29, 0.717) is 4.68 Å². The van der Waals surface area contributed by atoms with Gasteiger partial charge in [0, 0.05) is 31.3 Å². The predicted octanol–water partition coefficient (Wildman–Crippen LogP) is 5.24. The number of alkyl halides is 7. The number of nitrogens with two attached hydrogens (primary N) is 1. The molecule has 2 aromatic heterocycles. The number of hydrogen-bond donors (Lipinski definition) is 2. The fraction of sp³-hybridized carbons (Fsp3) is 0.450. The third-order valence-electron chi connectivity index (χ3n) is 5.30. The highest BCUT2D eigenvalue weighted by Crippen LogP contribution is 2.41. The Balaban J connectivity index is 2.00. The molecule has 1 saturated carbocycles. The van der Waals surface area contributed by atoms with E-state index in [2.05, 4.69) is 22.0 Å². The number of halogens is 7. The van der Waals surface area contributed by atoms with Gasteiger partial charge in [-0.05, 0) is 30.9 Å². The minimum Gasteiger partial charge on any atom is -0.397 e. The molecule has 0 atom stereocenters. The molecule has 0 unspecified atom stereocenters. The van der Waals surface area contributed by atoms with Gasteiger partial charge in [-0.3, -0.25) is 14.5 Å². The van der Waals surface area contributed by atoms with Crippen molar-refractivity contribution in [2.24, 2.45) is 11.7 Å². The number of hydrogen-bond acceptors (Lipinski definition) is 4. The number of nitrogens with one attached hydrogen (secondary N) is 1. The van der Waals surface area contributed by atoms with Crippen molar-refractivity contribution in [2.75, 3.05) is 5.32 Å². The summed E-state index contributed by atoms with van der Waals surface area (Å²) in [4.78, 5) is 16.7. The van der Waals surface area contributed by atoms with Crippen LogP contribution in [0.4, 0.5) is 36.4 Å². The summed E-state index contributed by atoms with van der Waals surface area (Å²) in [5.74, 6) is -4.79. The zero-order chi connectivity index (χ0) is 24.6. The lowest BCUT2D eigenvalue weighted by Crippen LogP contribution is -2.29. The summed E-state index contributed by atoms with van der Waals surface area (Å²) >= 11 is 0. The van der Waals surface area contributed by atoms with Gasteiger partial charge in [-0.25, -0.2) is 17.6 Å². The van der Waals surface area contributed by atoms with Crippen LogP contribution in [-0.2, 0) is 12.7 Å². The molecule has 13 heteroatoms. The van der Waals surface area contributed by atoms with E-state index in [9.17, 15) is 35.5 Å². The van der Waals surface area contributed by atoms with E-state index in [4.69, 9.17) is 5.73 Å². The van der Waals surface area contributed by atoms with Gasteiger partial charge >= 0.3 is 6.18 Å². The lowest BCUT2D eigenvalue weighted by molar-refractivity contribution is -0.139. The fourth-order valence-electron chi connectivity index (χ4n) is 3.68. The van der Waals surface area contributed by atoms with Gasteiger partial charge in [0.1, 0.15) is 17.0 Å². The summed E-state index contributed by atoms with van der Waals surface area (Å²) < 4.78 is 95.4. The summed E-state index contributed by atoms with van der Waals surface area (Å²) in [5, 5.41) is 5.57. The van der Waals surface area contributed by atoms with E-state index in [1.807, 2.05) is 0 Å². The fourth-order valence-corrected chi connectivity index (χ4v) is 3.68.